The van der Waals surface area contributed by atoms with Crippen LogP contribution in [0.2, 0.25) is 0 Å². The van der Waals surface area contributed by atoms with Gasteiger partial charge in [-0.05, 0) is 49.9 Å². The lowest BCUT2D eigenvalue weighted by molar-refractivity contribution is -0.131. The van der Waals surface area contributed by atoms with E-state index >= 15 is 0 Å². The highest BCUT2D eigenvalue weighted by Crippen LogP contribution is 2.39. The number of allylic oxidation sites excluding steroid dienone is 1. The zero-order valence-electron chi connectivity index (χ0n) is 16.2. The average Bonchev–Trinajstić information content (AvgIpc) is 3.09. The van der Waals surface area contributed by atoms with Gasteiger partial charge in [0.05, 0.1) is 0 Å². The summed E-state index contributed by atoms with van der Waals surface area (Å²) in [6.07, 6.45) is 6.24. The van der Waals surface area contributed by atoms with Crippen LogP contribution in [0.5, 0.6) is 0 Å². The molecule has 1 saturated heterocycles. The van der Waals surface area contributed by atoms with E-state index in [0.717, 1.165) is 32.4 Å². The standard InChI is InChI=1S/C20H34N2O3/c1-14(2)18-10-16(11-20(24)22-7-5-6-8-22)15(3)9-17(18)12-21-19(23)13-25-4/h9,14,16-18H,5-8,10-13H2,1-4H3,(H,21,23)/t16-,17-,18-/m0/s1. The Morgan fingerprint density at radius 1 is 1.32 bits per heavy atom. The highest BCUT2D eigenvalue weighted by molar-refractivity contribution is 5.77. The van der Waals surface area contributed by atoms with Gasteiger partial charge in [0, 0.05) is 33.2 Å². The highest BCUT2D eigenvalue weighted by Gasteiger charge is 2.33. The van der Waals surface area contributed by atoms with Crippen LogP contribution in [0.4, 0.5) is 0 Å². The number of carbonyl (C=O) groups is 2. The molecule has 2 rings (SSSR count). The summed E-state index contributed by atoms with van der Waals surface area (Å²) in [6, 6.07) is 0. The van der Waals surface area contributed by atoms with E-state index in [-0.39, 0.29) is 12.5 Å². The molecule has 5 heteroatoms. The summed E-state index contributed by atoms with van der Waals surface area (Å²) in [4.78, 5) is 26.2. The molecule has 0 saturated carbocycles. The zero-order valence-corrected chi connectivity index (χ0v) is 16.2. The van der Waals surface area contributed by atoms with Gasteiger partial charge < -0.3 is 15.0 Å². The highest BCUT2D eigenvalue weighted by atomic mass is 16.5. The number of nitrogens with zero attached hydrogens (tertiary/aromatic N) is 1. The molecule has 0 unspecified atom stereocenters. The molecule has 1 heterocycles. The van der Waals surface area contributed by atoms with E-state index in [9.17, 15) is 9.59 Å². The van der Waals surface area contributed by atoms with Gasteiger partial charge in [0.25, 0.3) is 0 Å². The summed E-state index contributed by atoms with van der Waals surface area (Å²) in [6.45, 7) is 9.23. The van der Waals surface area contributed by atoms with E-state index < -0.39 is 0 Å². The number of amides is 2. The van der Waals surface area contributed by atoms with E-state index in [0.29, 0.717) is 42.5 Å². The first-order chi connectivity index (χ1) is 11.9. The number of ether oxygens (including phenoxy) is 1. The van der Waals surface area contributed by atoms with Crippen molar-refractivity contribution < 1.29 is 14.3 Å². The van der Waals surface area contributed by atoms with Crippen molar-refractivity contribution in [3.63, 3.8) is 0 Å². The van der Waals surface area contributed by atoms with Crippen LogP contribution in [0, 0.1) is 23.7 Å². The molecular formula is C20H34N2O3. The van der Waals surface area contributed by atoms with Gasteiger partial charge in [-0.1, -0.05) is 25.5 Å². The van der Waals surface area contributed by atoms with Crippen LogP contribution < -0.4 is 5.32 Å². The third kappa shape index (κ3) is 5.56. The first kappa shape index (κ1) is 20.0. The van der Waals surface area contributed by atoms with Gasteiger partial charge in [-0.25, -0.2) is 0 Å². The molecule has 0 aromatic carbocycles. The topological polar surface area (TPSA) is 58.6 Å². The van der Waals surface area contributed by atoms with Gasteiger partial charge in [-0.2, -0.15) is 0 Å². The van der Waals surface area contributed by atoms with Crippen molar-refractivity contribution in [2.45, 2.75) is 46.5 Å². The Hall–Kier alpha value is -1.36. The molecule has 142 valence electrons. The number of nitrogens with one attached hydrogen (secondary N) is 1. The van der Waals surface area contributed by atoms with E-state index in [1.54, 1.807) is 0 Å². The lowest BCUT2D eigenvalue weighted by atomic mass is 9.69. The van der Waals surface area contributed by atoms with Crippen LogP contribution in [0.15, 0.2) is 11.6 Å². The summed E-state index contributed by atoms with van der Waals surface area (Å²) in [5.74, 6) is 1.93. The largest absolute Gasteiger partial charge is 0.375 e. The molecule has 0 spiro atoms. The third-order valence-electron chi connectivity index (χ3n) is 5.77. The van der Waals surface area contributed by atoms with E-state index in [1.165, 1.54) is 12.7 Å². The molecule has 2 aliphatic rings. The summed E-state index contributed by atoms with van der Waals surface area (Å²) < 4.78 is 4.88. The van der Waals surface area contributed by atoms with Crippen molar-refractivity contribution in [3.8, 4) is 0 Å². The second-order valence-corrected chi connectivity index (χ2v) is 7.94. The molecular weight excluding hydrogens is 316 g/mol. The predicted octanol–water partition coefficient (Wildman–Crippen LogP) is 2.62. The number of hydrogen-bond acceptors (Lipinski definition) is 3. The van der Waals surface area contributed by atoms with Crippen molar-refractivity contribution in [1.29, 1.82) is 0 Å². The molecule has 0 aromatic heterocycles. The third-order valence-corrected chi connectivity index (χ3v) is 5.77. The lowest BCUT2D eigenvalue weighted by Gasteiger charge is -2.37. The van der Waals surface area contributed by atoms with Crippen LogP contribution in [-0.2, 0) is 14.3 Å². The van der Waals surface area contributed by atoms with Crippen LogP contribution in [0.1, 0.15) is 46.5 Å². The molecule has 0 aromatic rings. The van der Waals surface area contributed by atoms with Crippen LogP contribution in [-0.4, -0.2) is 50.1 Å². The molecule has 25 heavy (non-hydrogen) atoms. The molecule has 1 aliphatic carbocycles. The maximum atomic E-state index is 12.5. The average molecular weight is 351 g/mol. The van der Waals surface area contributed by atoms with Gasteiger partial charge in [0.15, 0.2) is 0 Å². The Labute approximate surface area is 152 Å². The van der Waals surface area contributed by atoms with E-state index in [1.807, 2.05) is 4.90 Å². The number of carbonyl (C=O) groups excluding carboxylic acids is 2. The number of hydrogen-bond donors (Lipinski definition) is 1. The first-order valence-corrected chi connectivity index (χ1v) is 9.64. The van der Waals surface area contributed by atoms with Crippen molar-refractivity contribution in [1.82, 2.24) is 10.2 Å². The fraction of sp³-hybridized carbons (Fsp3) is 0.800. The molecule has 3 atom stereocenters. The Morgan fingerprint density at radius 3 is 2.60 bits per heavy atom. The van der Waals surface area contributed by atoms with Gasteiger partial charge in [-0.3, -0.25) is 9.59 Å². The predicted molar refractivity (Wildman–Crippen MR) is 99.0 cm³/mol. The van der Waals surface area contributed by atoms with Crippen LogP contribution in [0.25, 0.3) is 0 Å². The fourth-order valence-electron chi connectivity index (χ4n) is 4.23. The maximum Gasteiger partial charge on any atom is 0.246 e. The molecule has 2 amide bonds. The minimum Gasteiger partial charge on any atom is -0.375 e. The fourth-order valence-corrected chi connectivity index (χ4v) is 4.23. The summed E-state index contributed by atoms with van der Waals surface area (Å²) in [5.41, 5.74) is 1.30. The minimum absolute atomic E-state index is 0.0672. The van der Waals surface area contributed by atoms with Crippen LogP contribution >= 0.6 is 0 Å². The minimum atomic E-state index is -0.0672. The van der Waals surface area contributed by atoms with Gasteiger partial charge in [0.2, 0.25) is 11.8 Å². The smallest absolute Gasteiger partial charge is 0.246 e. The quantitative estimate of drug-likeness (QED) is 0.718. The SMILES string of the molecule is COCC(=O)NC[C@@H]1C=C(C)[C@H](CC(=O)N2CCCC2)C[C@H]1C(C)C. The van der Waals surface area contributed by atoms with Gasteiger partial charge >= 0.3 is 0 Å². The molecule has 1 N–H and O–H groups in total. The number of rotatable bonds is 7. The summed E-state index contributed by atoms with van der Waals surface area (Å²) >= 11 is 0. The maximum absolute atomic E-state index is 12.5. The molecule has 0 radical (unpaired) electrons. The molecule has 0 bridgehead atoms. The summed E-state index contributed by atoms with van der Waals surface area (Å²) in [7, 11) is 1.53. The molecule has 5 nitrogen and oxygen atoms in total. The Balaban J connectivity index is 1.98. The van der Waals surface area contributed by atoms with Crippen molar-refractivity contribution >= 4 is 11.8 Å². The monoisotopic (exact) mass is 350 g/mol. The normalized spacial score (nSPS) is 26.7. The second-order valence-electron chi connectivity index (χ2n) is 7.94. The number of likely N-dealkylation sites (tertiary alicyclic amines) is 1. The van der Waals surface area contributed by atoms with Crippen LogP contribution in [0.3, 0.4) is 0 Å². The summed E-state index contributed by atoms with van der Waals surface area (Å²) in [5, 5.41) is 2.98. The first-order valence-electron chi connectivity index (χ1n) is 9.64. The van der Waals surface area contributed by atoms with Crippen molar-refractivity contribution in [2.75, 3.05) is 33.4 Å². The van der Waals surface area contributed by atoms with Crippen molar-refractivity contribution in [2.24, 2.45) is 23.7 Å². The Kier molecular flexibility index (Phi) is 7.48. The second kappa shape index (κ2) is 9.37. The van der Waals surface area contributed by atoms with Gasteiger partial charge in [0.1, 0.15) is 6.61 Å². The molecule has 1 aliphatic heterocycles. The van der Waals surface area contributed by atoms with Crippen molar-refractivity contribution in [3.05, 3.63) is 11.6 Å². The zero-order chi connectivity index (χ0) is 18.4. The Morgan fingerprint density at radius 2 is 2.00 bits per heavy atom. The van der Waals surface area contributed by atoms with Gasteiger partial charge in [-0.15, -0.1) is 0 Å². The molecule has 1 fully saturated rings. The van der Waals surface area contributed by atoms with E-state index in [4.69, 9.17) is 4.74 Å². The lowest BCUT2D eigenvalue weighted by Crippen LogP contribution is -2.39. The van der Waals surface area contributed by atoms with E-state index in [2.05, 4.69) is 32.2 Å². The number of methoxy groups -OCH3 is 1. The Bertz CT molecular complexity index is 495.